The van der Waals surface area contributed by atoms with Gasteiger partial charge < -0.3 is 0 Å². The van der Waals surface area contributed by atoms with Crippen molar-refractivity contribution in [2.45, 2.75) is 38.0 Å². The quantitative estimate of drug-likeness (QED) is 0.663. The van der Waals surface area contributed by atoms with E-state index in [1.807, 2.05) is 0 Å². The van der Waals surface area contributed by atoms with E-state index in [-0.39, 0.29) is 0 Å². The van der Waals surface area contributed by atoms with Crippen molar-refractivity contribution >= 4 is 22.9 Å². The van der Waals surface area contributed by atoms with E-state index < -0.39 is 0 Å². The van der Waals surface area contributed by atoms with Gasteiger partial charge in [-0.2, -0.15) is 11.3 Å². The summed E-state index contributed by atoms with van der Waals surface area (Å²) in [7, 11) is 0. The average molecular weight is 215 g/mol. The van der Waals surface area contributed by atoms with Gasteiger partial charge in [-0.15, -0.1) is 11.6 Å². The molecule has 0 bridgehead atoms. The Hall–Kier alpha value is -0.0100. The number of aryl methyl sites for hydroxylation is 1. The van der Waals surface area contributed by atoms with Gasteiger partial charge in [0.15, 0.2) is 0 Å². The largest absolute Gasteiger partial charge is 0.152 e. The molecule has 1 aliphatic rings. The Morgan fingerprint density at radius 3 is 2.85 bits per heavy atom. The summed E-state index contributed by atoms with van der Waals surface area (Å²) in [6, 6.07) is 2.22. The Labute approximate surface area is 88.9 Å². The van der Waals surface area contributed by atoms with E-state index in [1.54, 1.807) is 11.3 Å². The summed E-state index contributed by atoms with van der Waals surface area (Å²) in [6.07, 6.45) is 5.15. The van der Waals surface area contributed by atoms with E-state index in [0.717, 1.165) is 0 Å². The SMILES string of the molecule is CC(Cl)C1(CCc2ccsc2)CC1. The van der Waals surface area contributed by atoms with E-state index in [2.05, 4.69) is 23.8 Å². The summed E-state index contributed by atoms with van der Waals surface area (Å²) >= 11 is 7.96. The van der Waals surface area contributed by atoms with Gasteiger partial charge in [-0.3, -0.25) is 0 Å². The molecule has 2 heteroatoms. The van der Waals surface area contributed by atoms with Crippen molar-refractivity contribution in [2.75, 3.05) is 0 Å². The van der Waals surface area contributed by atoms with Crippen LogP contribution in [0.2, 0.25) is 0 Å². The molecule has 0 amide bonds. The van der Waals surface area contributed by atoms with Gasteiger partial charge in [0.05, 0.1) is 0 Å². The molecule has 13 heavy (non-hydrogen) atoms. The first kappa shape index (κ1) is 9.54. The lowest BCUT2D eigenvalue weighted by atomic mass is 9.95. The molecule has 1 atom stereocenters. The Morgan fingerprint density at radius 1 is 1.62 bits per heavy atom. The van der Waals surface area contributed by atoms with Crippen LogP contribution in [0.25, 0.3) is 0 Å². The Kier molecular flexibility index (Phi) is 2.66. The third-order valence-corrected chi connectivity index (χ3v) is 4.42. The number of thiophene rings is 1. The van der Waals surface area contributed by atoms with Crippen LogP contribution < -0.4 is 0 Å². The molecule has 0 aromatic carbocycles. The minimum atomic E-state index is 0.353. The molecule has 0 N–H and O–H groups in total. The Balaban J connectivity index is 1.86. The topological polar surface area (TPSA) is 0 Å². The van der Waals surface area contributed by atoms with E-state index in [1.165, 1.54) is 31.2 Å². The normalized spacial score (nSPS) is 21.4. The molecular formula is C11H15ClS. The van der Waals surface area contributed by atoms with Gasteiger partial charge in [0.2, 0.25) is 0 Å². The number of rotatable bonds is 4. The lowest BCUT2D eigenvalue weighted by molar-refractivity contribution is 0.457. The van der Waals surface area contributed by atoms with Gasteiger partial charge in [-0.1, -0.05) is 0 Å². The van der Waals surface area contributed by atoms with Gasteiger partial charge in [-0.25, -0.2) is 0 Å². The summed E-state index contributed by atoms with van der Waals surface area (Å²) in [4.78, 5) is 0. The van der Waals surface area contributed by atoms with Crippen molar-refractivity contribution in [3.63, 3.8) is 0 Å². The smallest absolute Gasteiger partial charge is 0.0364 e. The minimum Gasteiger partial charge on any atom is -0.152 e. The zero-order chi connectivity index (χ0) is 9.31. The first-order valence-electron chi connectivity index (χ1n) is 4.88. The molecule has 0 spiro atoms. The summed E-state index contributed by atoms with van der Waals surface area (Å²) in [5.74, 6) is 0. The molecule has 2 rings (SSSR count). The molecule has 0 aliphatic heterocycles. The molecule has 1 aromatic heterocycles. The monoisotopic (exact) mass is 214 g/mol. The Morgan fingerprint density at radius 2 is 2.38 bits per heavy atom. The lowest BCUT2D eigenvalue weighted by Crippen LogP contribution is -2.13. The fourth-order valence-corrected chi connectivity index (χ4v) is 2.87. The number of hydrogen-bond donors (Lipinski definition) is 0. The van der Waals surface area contributed by atoms with Crippen LogP contribution in [0, 0.1) is 5.41 Å². The van der Waals surface area contributed by atoms with Crippen molar-refractivity contribution in [3.8, 4) is 0 Å². The Bertz CT molecular complexity index is 260. The second-order valence-corrected chi connectivity index (χ2v) is 5.54. The highest BCUT2D eigenvalue weighted by Gasteiger charge is 2.45. The molecule has 1 saturated carbocycles. The number of halogens is 1. The molecule has 72 valence electrons. The van der Waals surface area contributed by atoms with E-state index in [9.17, 15) is 0 Å². The average Bonchev–Trinajstić information content (AvgIpc) is 2.73. The first-order chi connectivity index (χ1) is 6.23. The predicted octanol–water partition coefficient (Wildman–Crippen LogP) is 4.09. The van der Waals surface area contributed by atoms with Gasteiger partial charge in [0.25, 0.3) is 0 Å². The third kappa shape index (κ3) is 2.08. The zero-order valence-corrected chi connectivity index (χ0v) is 9.50. The summed E-state index contributed by atoms with van der Waals surface area (Å²) in [6.45, 7) is 2.14. The molecule has 0 radical (unpaired) electrons. The molecular weight excluding hydrogens is 200 g/mol. The van der Waals surface area contributed by atoms with Gasteiger partial charge in [0.1, 0.15) is 0 Å². The van der Waals surface area contributed by atoms with Crippen LogP contribution in [-0.2, 0) is 6.42 Å². The van der Waals surface area contributed by atoms with Crippen LogP contribution in [0.15, 0.2) is 16.8 Å². The van der Waals surface area contributed by atoms with Gasteiger partial charge >= 0.3 is 0 Å². The minimum absolute atomic E-state index is 0.353. The third-order valence-electron chi connectivity index (χ3n) is 3.23. The standard InChI is InChI=1S/C11H15ClS/c1-9(12)11(5-6-11)4-2-10-3-7-13-8-10/h3,7-9H,2,4-6H2,1H3. The van der Waals surface area contributed by atoms with E-state index in [4.69, 9.17) is 11.6 Å². The summed E-state index contributed by atoms with van der Waals surface area (Å²) < 4.78 is 0. The summed E-state index contributed by atoms with van der Waals surface area (Å²) in [5, 5.41) is 4.75. The first-order valence-corrected chi connectivity index (χ1v) is 6.26. The zero-order valence-electron chi connectivity index (χ0n) is 7.92. The second kappa shape index (κ2) is 3.62. The van der Waals surface area contributed by atoms with E-state index in [0.29, 0.717) is 10.8 Å². The van der Waals surface area contributed by atoms with Crippen LogP contribution in [0.3, 0.4) is 0 Å². The molecule has 1 fully saturated rings. The second-order valence-electron chi connectivity index (χ2n) is 4.11. The molecule has 0 nitrogen and oxygen atoms in total. The molecule has 0 saturated heterocycles. The van der Waals surface area contributed by atoms with Gasteiger partial charge in [0, 0.05) is 5.38 Å². The predicted molar refractivity (Wildman–Crippen MR) is 59.6 cm³/mol. The highest BCUT2D eigenvalue weighted by molar-refractivity contribution is 7.07. The van der Waals surface area contributed by atoms with Crippen molar-refractivity contribution in [3.05, 3.63) is 22.4 Å². The fraction of sp³-hybridized carbons (Fsp3) is 0.636. The van der Waals surface area contributed by atoms with E-state index >= 15 is 0 Å². The lowest BCUT2D eigenvalue weighted by Gasteiger charge is -2.16. The highest BCUT2D eigenvalue weighted by Crippen LogP contribution is 2.54. The maximum absolute atomic E-state index is 6.17. The van der Waals surface area contributed by atoms with Crippen molar-refractivity contribution in [1.29, 1.82) is 0 Å². The van der Waals surface area contributed by atoms with Crippen LogP contribution in [0.5, 0.6) is 0 Å². The van der Waals surface area contributed by atoms with Crippen LogP contribution in [0.4, 0.5) is 0 Å². The van der Waals surface area contributed by atoms with Crippen LogP contribution >= 0.6 is 22.9 Å². The number of hydrogen-bond acceptors (Lipinski definition) is 1. The maximum Gasteiger partial charge on any atom is 0.0364 e. The van der Waals surface area contributed by atoms with Crippen LogP contribution in [0.1, 0.15) is 31.7 Å². The molecule has 1 unspecified atom stereocenters. The molecule has 1 heterocycles. The van der Waals surface area contributed by atoms with Crippen LogP contribution in [-0.4, -0.2) is 5.38 Å². The van der Waals surface area contributed by atoms with Crippen molar-refractivity contribution in [1.82, 2.24) is 0 Å². The maximum atomic E-state index is 6.17. The van der Waals surface area contributed by atoms with Gasteiger partial charge in [-0.05, 0) is 60.4 Å². The van der Waals surface area contributed by atoms with Crippen molar-refractivity contribution < 1.29 is 0 Å². The molecule has 1 aromatic rings. The fourth-order valence-electron chi connectivity index (χ4n) is 1.84. The van der Waals surface area contributed by atoms with Crippen molar-refractivity contribution in [2.24, 2.45) is 5.41 Å². The summed E-state index contributed by atoms with van der Waals surface area (Å²) in [5.41, 5.74) is 1.97. The molecule has 1 aliphatic carbocycles. The number of alkyl halides is 1. The highest BCUT2D eigenvalue weighted by atomic mass is 35.5.